The smallest absolute Gasteiger partial charge is 0.0671 e. The molecule has 0 aliphatic rings. The Balaban J connectivity index is 2.22. The van der Waals surface area contributed by atoms with Crippen LogP contribution in [0.4, 0.5) is 0 Å². The fourth-order valence-corrected chi connectivity index (χ4v) is 1.49. The van der Waals surface area contributed by atoms with Gasteiger partial charge in [-0.15, -0.1) is 0 Å². The molecule has 0 aliphatic carbocycles. The molecular formula is C12H18ClNO. The van der Waals surface area contributed by atoms with Crippen LogP contribution in [-0.4, -0.2) is 19.3 Å². The molecule has 1 rings (SSSR count). The van der Waals surface area contributed by atoms with Crippen molar-refractivity contribution in [1.82, 2.24) is 5.32 Å². The van der Waals surface area contributed by atoms with E-state index in [2.05, 4.69) is 12.2 Å². The number of benzene rings is 1. The number of nitrogens with one attached hydrogen (secondary N) is 1. The summed E-state index contributed by atoms with van der Waals surface area (Å²) in [5.41, 5.74) is 1.24. The largest absolute Gasteiger partial charge is 0.377 e. The lowest BCUT2D eigenvalue weighted by Gasteiger charge is -2.12. The Hall–Kier alpha value is -0.570. The molecule has 0 heterocycles. The first-order chi connectivity index (χ1) is 7.22. The summed E-state index contributed by atoms with van der Waals surface area (Å²) in [6.07, 6.45) is 0.266. The highest BCUT2D eigenvalue weighted by Gasteiger charge is 1.99. The van der Waals surface area contributed by atoms with Gasteiger partial charge in [-0.1, -0.05) is 23.7 Å². The lowest BCUT2D eigenvalue weighted by Crippen LogP contribution is -2.26. The van der Waals surface area contributed by atoms with E-state index in [1.165, 1.54) is 5.56 Å². The minimum Gasteiger partial charge on any atom is -0.377 e. The number of hydrogen-bond donors (Lipinski definition) is 1. The Kier molecular flexibility index (Phi) is 5.69. The van der Waals surface area contributed by atoms with Crippen molar-refractivity contribution in [3.05, 3.63) is 34.9 Å². The van der Waals surface area contributed by atoms with Crippen molar-refractivity contribution in [1.29, 1.82) is 0 Å². The number of halogens is 1. The lowest BCUT2D eigenvalue weighted by molar-refractivity contribution is 0.0759. The third-order valence-electron chi connectivity index (χ3n) is 2.13. The van der Waals surface area contributed by atoms with Gasteiger partial charge in [0.1, 0.15) is 0 Å². The Morgan fingerprint density at radius 3 is 2.60 bits per heavy atom. The summed E-state index contributed by atoms with van der Waals surface area (Å²) < 4.78 is 5.42. The summed E-state index contributed by atoms with van der Waals surface area (Å²) in [5.74, 6) is 0. The Morgan fingerprint density at radius 2 is 2.00 bits per heavy atom. The Morgan fingerprint density at radius 1 is 1.33 bits per heavy atom. The van der Waals surface area contributed by atoms with Gasteiger partial charge >= 0.3 is 0 Å². The van der Waals surface area contributed by atoms with E-state index in [0.717, 1.165) is 24.7 Å². The van der Waals surface area contributed by atoms with E-state index >= 15 is 0 Å². The van der Waals surface area contributed by atoms with Crippen LogP contribution < -0.4 is 5.32 Å². The van der Waals surface area contributed by atoms with Crippen molar-refractivity contribution in [2.45, 2.75) is 26.5 Å². The van der Waals surface area contributed by atoms with Crippen LogP contribution >= 0.6 is 11.6 Å². The molecule has 1 unspecified atom stereocenters. The third kappa shape index (κ3) is 5.17. The normalized spacial score (nSPS) is 12.7. The molecule has 15 heavy (non-hydrogen) atoms. The van der Waals surface area contributed by atoms with Gasteiger partial charge in [-0.25, -0.2) is 0 Å². The molecule has 1 aromatic rings. The molecule has 1 aromatic carbocycles. The molecule has 0 bridgehead atoms. The number of rotatable bonds is 6. The topological polar surface area (TPSA) is 21.3 Å². The van der Waals surface area contributed by atoms with Crippen molar-refractivity contribution >= 4 is 11.6 Å². The molecule has 84 valence electrons. The van der Waals surface area contributed by atoms with Crippen molar-refractivity contribution in [2.75, 3.05) is 13.2 Å². The maximum Gasteiger partial charge on any atom is 0.0671 e. The molecule has 3 heteroatoms. The fraction of sp³-hybridized carbons (Fsp3) is 0.500. The zero-order chi connectivity index (χ0) is 11.1. The highest BCUT2D eigenvalue weighted by Crippen LogP contribution is 2.09. The van der Waals surface area contributed by atoms with Gasteiger partial charge in [0.2, 0.25) is 0 Å². The fourth-order valence-electron chi connectivity index (χ4n) is 1.37. The van der Waals surface area contributed by atoms with Gasteiger partial charge in [-0.3, -0.25) is 0 Å². The second-order valence-corrected chi connectivity index (χ2v) is 3.96. The Bertz CT molecular complexity index is 273. The van der Waals surface area contributed by atoms with E-state index in [4.69, 9.17) is 16.3 Å². The molecule has 0 saturated carbocycles. The predicted octanol–water partition coefficient (Wildman–Crippen LogP) is 2.85. The van der Waals surface area contributed by atoms with Gasteiger partial charge in [-0.2, -0.15) is 0 Å². The number of hydrogen-bond acceptors (Lipinski definition) is 2. The van der Waals surface area contributed by atoms with Crippen molar-refractivity contribution < 1.29 is 4.74 Å². The molecule has 2 nitrogen and oxygen atoms in total. The second-order valence-electron chi connectivity index (χ2n) is 3.52. The van der Waals surface area contributed by atoms with Gasteiger partial charge in [-0.05, 0) is 31.5 Å². The molecule has 0 spiro atoms. The monoisotopic (exact) mass is 227 g/mol. The van der Waals surface area contributed by atoms with Crippen molar-refractivity contribution in [3.8, 4) is 0 Å². The van der Waals surface area contributed by atoms with Gasteiger partial charge in [0.05, 0.1) is 6.10 Å². The third-order valence-corrected chi connectivity index (χ3v) is 2.38. The summed E-state index contributed by atoms with van der Waals surface area (Å²) in [6.45, 7) is 6.57. The first-order valence-electron chi connectivity index (χ1n) is 5.29. The molecule has 0 aromatic heterocycles. The maximum absolute atomic E-state index is 5.80. The van der Waals surface area contributed by atoms with Crippen molar-refractivity contribution in [2.24, 2.45) is 0 Å². The van der Waals surface area contributed by atoms with Crippen LogP contribution in [0.2, 0.25) is 5.02 Å². The van der Waals surface area contributed by atoms with Crippen LogP contribution in [0.3, 0.4) is 0 Å². The Labute approximate surface area is 96.6 Å². The van der Waals surface area contributed by atoms with Crippen LogP contribution in [0.15, 0.2) is 24.3 Å². The lowest BCUT2D eigenvalue weighted by atomic mass is 10.2. The predicted molar refractivity (Wildman–Crippen MR) is 64.2 cm³/mol. The standard InChI is InChI=1S/C12H18ClNO/c1-3-15-10(2)8-14-9-11-4-6-12(13)7-5-11/h4-7,10,14H,3,8-9H2,1-2H3. The van der Waals surface area contributed by atoms with E-state index in [1.807, 2.05) is 31.2 Å². The highest BCUT2D eigenvalue weighted by molar-refractivity contribution is 6.30. The van der Waals surface area contributed by atoms with Crippen molar-refractivity contribution in [3.63, 3.8) is 0 Å². The van der Waals surface area contributed by atoms with Gasteiger partial charge in [0, 0.05) is 24.7 Å². The van der Waals surface area contributed by atoms with Crippen LogP contribution in [0.25, 0.3) is 0 Å². The molecule has 1 atom stereocenters. The van der Waals surface area contributed by atoms with E-state index < -0.39 is 0 Å². The average molecular weight is 228 g/mol. The summed E-state index contributed by atoms with van der Waals surface area (Å²) in [5, 5.41) is 4.12. The van der Waals surface area contributed by atoms with E-state index in [9.17, 15) is 0 Å². The molecular weight excluding hydrogens is 210 g/mol. The van der Waals surface area contributed by atoms with Crippen LogP contribution in [0.1, 0.15) is 19.4 Å². The zero-order valence-electron chi connectivity index (χ0n) is 9.29. The van der Waals surface area contributed by atoms with Crippen LogP contribution in [0, 0.1) is 0 Å². The molecule has 0 saturated heterocycles. The summed E-state index contributed by atoms with van der Waals surface area (Å²) >= 11 is 5.80. The van der Waals surface area contributed by atoms with E-state index in [-0.39, 0.29) is 6.10 Å². The number of ether oxygens (including phenoxy) is 1. The van der Waals surface area contributed by atoms with Gasteiger partial charge in [0.25, 0.3) is 0 Å². The van der Waals surface area contributed by atoms with Gasteiger partial charge < -0.3 is 10.1 Å². The van der Waals surface area contributed by atoms with Gasteiger partial charge in [0.15, 0.2) is 0 Å². The highest BCUT2D eigenvalue weighted by atomic mass is 35.5. The molecule has 0 radical (unpaired) electrons. The van der Waals surface area contributed by atoms with E-state index in [1.54, 1.807) is 0 Å². The molecule has 0 fully saturated rings. The minimum absolute atomic E-state index is 0.266. The van der Waals surface area contributed by atoms with E-state index in [0.29, 0.717) is 0 Å². The first-order valence-corrected chi connectivity index (χ1v) is 5.67. The summed E-state index contributed by atoms with van der Waals surface area (Å²) in [7, 11) is 0. The quantitative estimate of drug-likeness (QED) is 0.807. The minimum atomic E-state index is 0.266. The first kappa shape index (κ1) is 12.5. The molecule has 1 N–H and O–H groups in total. The summed E-state index contributed by atoms with van der Waals surface area (Å²) in [6, 6.07) is 7.87. The molecule has 0 aliphatic heterocycles. The summed E-state index contributed by atoms with van der Waals surface area (Å²) in [4.78, 5) is 0. The van der Waals surface area contributed by atoms with Crippen LogP contribution in [0.5, 0.6) is 0 Å². The van der Waals surface area contributed by atoms with Crippen LogP contribution in [-0.2, 0) is 11.3 Å². The zero-order valence-corrected chi connectivity index (χ0v) is 10.1. The molecule has 0 amide bonds. The average Bonchev–Trinajstić information content (AvgIpc) is 2.21. The second kappa shape index (κ2) is 6.83. The maximum atomic E-state index is 5.80. The SMILES string of the molecule is CCOC(C)CNCc1ccc(Cl)cc1.